The van der Waals surface area contributed by atoms with Crippen molar-refractivity contribution in [1.82, 2.24) is 15.5 Å². The van der Waals surface area contributed by atoms with E-state index < -0.39 is 13.0 Å². The number of hydrogen-bond donors (Lipinski definition) is 3. The van der Waals surface area contributed by atoms with Gasteiger partial charge in [-0.25, -0.2) is 0 Å². The van der Waals surface area contributed by atoms with Crippen molar-refractivity contribution >= 4 is 41.5 Å². The quantitative estimate of drug-likeness (QED) is 0.333. The van der Waals surface area contributed by atoms with E-state index in [2.05, 4.69) is 26.1 Å². The van der Waals surface area contributed by atoms with Crippen LogP contribution in [0.5, 0.6) is 5.75 Å². The maximum Gasteiger partial charge on any atom is 0.273 e. The van der Waals surface area contributed by atoms with Gasteiger partial charge in [0.2, 0.25) is 5.91 Å². The van der Waals surface area contributed by atoms with Gasteiger partial charge in [-0.05, 0) is 24.5 Å². The summed E-state index contributed by atoms with van der Waals surface area (Å²) in [5.74, 6) is 0.300. The molecule has 1 fully saturated rings. The van der Waals surface area contributed by atoms with Crippen LogP contribution >= 0.6 is 7.14 Å². The molecule has 0 bridgehead atoms. The highest BCUT2D eigenvalue weighted by molar-refractivity contribution is 7.71. The van der Waals surface area contributed by atoms with Crippen LogP contribution in [0.3, 0.4) is 0 Å². The van der Waals surface area contributed by atoms with Crippen LogP contribution in [0.25, 0.3) is 11.1 Å². The van der Waals surface area contributed by atoms with Crippen LogP contribution in [0.15, 0.2) is 48.5 Å². The maximum atomic E-state index is 13.1. The molecule has 9 nitrogen and oxygen atoms in total. The molecule has 194 valence electrons. The largest absolute Gasteiger partial charge is 0.494 e. The Labute approximate surface area is 216 Å². The molecule has 3 aromatic rings. The van der Waals surface area contributed by atoms with E-state index in [4.69, 9.17) is 4.74 Å². The zero-order valence-corrected chi connectivity index (χ0v) is 22.4. The van der Waals surface area contributed by atoms with Crippen LogP contribution in [-0.2, 0) is 9.36 Å². The molecule has 1 aromatic heterocycles. The molecule has 2 amide bonds. The first-order valence-corrected chi connectivity index (χ1v) is 14.4. The molecule has 37 heavy (non-hydrogen) atoms. The number of benzene rings is 2. The average Bonchev–Trinajstić information content (AvgIpc) is 3.78. The second-order valence-electron chi connectivity index (χ2n) is 8.91. The average molecular weight is 522 g/mol. The van der Waals surface area contributed by atoms with E-state index in [1.165, 1.54) is 7.05 Å². The van der Waals surface area contributed by atoms with E-state index in [-0.39, 0.29) is 23.3 Å². The fourth-order valence-corrected chi connectivity index (χ4v) is 6.01. The van der Waals surface area contributed by atoms with Gasteiger partial charge in [-0.2, -0.15) is 0 Å². The van der Waals surface area contributed by atoms with Crippen molar-refractivity contribution in [2.24, 2.45) is 5.92 Å². The summed E-state index contributed by atoms with van der Waals surface area (Å²) in [5.41, 5.74) is 2.79. The number of amides is 2. The summed E-state index contributed by atoms with van der Waals surface area (Å²) in [6, 6.07) is 15.0. The number of carbonyl (C=O) groups excluding carboxylic acids is 2. The van der Waals surface area contributed by atoms with Gasteiger partial charge >= 0.3 is 0 Å². The molecule has 0 unspecified atom stereocenters. The zero-order chi connectivity index (χ0) is 26.6. The summed E-state index contributed by atoms with van der Waals surface area (Å²) in [6.45, 7) is 3.92. The summed E-state index contributed by atoms with van der Waals surface area (Å²) < 4.78 is 18.9. The molecule has 4 rings (SSSR count). The molecule has 1 saturated carbocycles. The third-order valence-electron chi connectivity index (χ3n) is 6.59. The van der Waals surface area contributed by atoms with Crippen LogP contribution in [0, 0.1) is 5.92 Å². The van der Waals surface area contributed by atoms with Crippen molar-refractivity contribution in [2.75, 3.05) is 37.1 Å². The Morgan fingerprint density at radius 1 is 1.03 bits per heavy atom. The number of carbonyl (C=O) groups is 2. The summed E-state index contributed by atoms with van der Waals surface area (Å²) in [5, 5.41) is 17.5. The van der Waals surface area contributed by atoms with Crippen LogP contribution in [-0.4, -0.2) is 48.5 Å². The molecule has 0 atom stereocenters. The summed E-state index contributed by atoms with van der Waals surface area (Å²) in [6.07, 6.45) is 2.98. The van der Waals surface area contributed by atoms with Crippen molar-refractivity contribution in [1.29, 1.82) is 0 Å². The molecule has 1 heterocycles. The number of rotatable bonds is 10. The number of ether oxygens (including phenoxy) is 1. The molecule has 3 N–H and O–H groups in total. The van der Waals surface area contributed by atoms with Crippen LogP contribution in [0.4, 0.5) is 17.2 Å². The Balaban J connectivity index is 1.69. The number of methoxy groups -OCH3 is 1. The lowest BCUT2D eigenvalue weighted by molar-refractivity contribution is -0.117. The normalized spacial score (nSPS) is 13.1. The minimum absolute atomic E-state index is 0.00329. The smallest absolute Gasteiger partial charge is 0.273 e. The molecule has 0 radical (unpaired) electrons. The highest BCUT2D eigenvalue weighted by atomic mass is 31.2. The number of nitrogens with zero attached hydrogens (tertiary/aromatic N) is 2. The van der Waals surface area contributed by atoms with Crippen molar-refractivity contribution in [3.63, 3.8) is 0 Å². The van der Waals surface area contributed by atoms with Gasteiger partial charge in [-0.1, -0.05) is 50.2 Å². The number of anilines is 3. The van der Waals surface area contributed by atoms with Crippen molar-refractivity contribution < 1.29 is 18.9 Å². The summed E-state index contributed by atoms with van der Waals surface area (Å²) >= 11 is 0. The van der Waals surface area contributed by atoms with Crippen LogP contribution in [0.2, 0.25) is 0 Å². The Bertz CT molecular complexity index is 1350. The first-order valence-electron chi connectivity index (χ1n) is 12.4. The highest BCUT2D eigenvalue weighted by Gasteiger charge is 2.30. The third kappa shape index (κ3) is 5.67. The Morgan fingerprint density at radius 3 is 2.32 bits per heavy atom. The minimum atomic E-state index is -2.38. The summed E-state index contributed by atoms with van der Waals surface area (Å²) in [4.78, 5) is 24.7. The molecule has 2 aromatic carbocycles. The standard InChI is InChI=1S/C27H32N5O4P/c1-5-37(35,6-2)19-14-12-17(13-15-19)20-8-7-9-21(25(20)36-4)29-22-16-23(30-26(33)18-10-11-18)31-32-24(22)27(34)28-3/h7-9,12-16,18H,5-6,10-11H2,1-4H3,(H,28,34)(H2,29,30,31,33). The monoisotopic (exact) mass is 521 g/mol. The predicted octanol–water partition coefficient (Wildman–Crippen LogP) is 4.63. The van der Waals surface area contributed by atoms with E-state index in [1.807, 2.05) is 56.3 Å². The van der Waals surface area contributed by atoms with Gasteiger partial charge < -0.3 is 25.3 Å². The van der Waals surface area contributed by atoms with Crippen molar-refractivity contribution in [3.8, 4) is 16.9 Å². The van der Waals surface area contributed by atoms with E-state index in [9.17, 15) is 14.2 Å². The minimum Gasteiger partial charge on any atom is -0.494 e. The van der Waals surface area contributed by atoms with E-state index in [0.29, 0.717) is 29.4 Å². The van der Waals surface area contributed by atoms with Gasteiger partial charge in [0.15, 0.2) is 11.5 Å². The predicted molar refractivity (Wildman–Crippen MR) is 147 cm³/mol. The van der Waals surface area contributed by atoms with E-state index in [1.54, 1.807) is 13.2 Å². The summed E-state index contributed by atoms with van der Waals surface area (Å²) in [7, 11) is 0.708. The SMILES string of the molecule is CCP(=O)(CC)c1ccc(-c2cccc(Nc3cc(NC(=O)C4CC4)nnc3C(=O)NC)c2OC)cc1. The van der Waals surface area contributed by atoms with Gasteiger partial charge in [0.25, 0.3) is 5.91 Å². The maximum absolute atomic E-state index is 13.1. The lowest BCUT2D eigenvalue weighted by atomic mass is 10.0. The lowest BCUT2D eigenvalue weighted by Gasteiger charge is -2.18. The van der Waals surface area contributed by atoms with Gasteiger partial charge in [0.05, 0.1) is 18.5 Å². The van der Waals surface area contributed by atoms with Crippen molar-refractivity contribution in [3.05, 3.63) is 54.2 Å². The molecular weight excluding hydrogens is 489 g/mol. The topological polar surface area (TPSA) is 122 Å². The zero-order valence-electron chi connectivity index (χ0n) is 21.5. The number of aromatic nitrogens is 2. The van der Waals surface area contributed by atoms with Crippen LogP contribution < -0.4 is 26.0 Å². The molecular formula is C27H32N5O4P. The van der Waals surface area contributed by atoms with E-state index >= 15 is 0 Å². The highest BCUT2D eigenvalue weighted by Crippen LogP contribution is 2.44. The molecule has 10 heteroatoms. The van der Waals surface area contributed by atoms with Gasteiger partial charge in [0.1, 0.15) is 12.9 Å². The Morgan fingerprint density at radius 2 is 1.73 bits per heavy atom. The molecule has 0 saturated heterocycles. The molecule has 1 aliphatic rings. The number of nitrogens with one attached hydrogen (secondary N) is 3. The second-order valence-corrected chi connectivity index (χ2v) is 12.5. The van der Waals surface area contributed by atoms with Gasteiger partial charge in [-0.3, -0.25) is 9.59 Å². The lowest BCUT2D eigenvalue weighted by Crippen LogP contribution is -2.22. The fourth-order valence-electron chi connectivity index (χ4n) is 4.14. The van der Waals surface area contributed by atoms with E-state index in [0.717, 1.165) is 29.3 Å². The third-order valence-corrected chi connectivity index (χ3v) is 9.88. The molecule has 0 spiro atoms. The number of para-hydroxylation sites is 1. The van der Waals surface area contributed by atoms with Gasteiger partial charge in [0, 0.05) is 42.2 Å². The first-order chi connectivity index (χ1) is 17.8. The number of hydrogen-bond acceptors (Lipinski definition) is 7. The van der Waals surface area contributed by atoms with Crippen LogP contribution in [0.1, 0.15) is 37.2 Å². The Hall–Kier alpha value is -3.71. The van der Waals surface area contributed by atoms with Crippen molar-refractivity contribution in [2.45, 2.75) is 26.7 Å². The molecule has 0 aliphatic heterocycles. The Kier molecular flexibility index (Phi) is 7.93. The fraction of sp³-hybridized carbons (Fsp3) is 0.333. The first kappa shape index (κ1) is 26.4. The molecule has 1 aliphatic carbocycles. The second kappa shape index (κ2) is 11.1. The van der Waals surface area contributed by atoms with Gasteiger partial charge in [-0.15, -0.1) is 10.2 Å².